The molecule has 212 valence electrons. The number of nitrogens with zero attached hydrogens (tertiary/aromatic N) is 3. The van der Waals surface area contributed by atoms with Crippen molar-refractivity contribution in [1.29, 1.82) is 0 Å². The van der Waals surface area contributed by atoms with E-state index in [1.165, 1.54) is 86.6 Å². The molecular formula is C25H24ClN3O11. The van der Waals surface area contributed by atoms with Crippen molar-refractivity contribution in [2.24, 2.45) is 0 Å². The topological polar surface area (TPSA) is 191 Å². The van der Waals surface area contributed by atoms with Crippen molar-refractivity contribution < 1.29 is 38.6 Å². The van der Waals surface area contributed by atoms with Crippen LogP contribution in [-0.2, 0) is 9.59 Å². The van der Waals surface area contributed by atoms with Crippen LogP contribution in [0.2, 0.25) is 0 Å². The van der Waals surface area contributed by atoms with Gasteiger partial charge in [0.25, 0.3) is 22.3 Å². The zero-order valence-electron chi connectivity index (χ0n) is 20.3. The Morgan fingerprint density at radius 2 is 0.925 bits per heavy atom. The normalized spacial score (nSPS) is 11.3. The summed E-state index contributed by atoms with van der Waals surface area (Å²) in [4.78, 5) is 52.4. The third-order valence-corrected chi connectivity index (χ3v) is 4.95. The van der Waals surface area contributed by atoms with Gasteiger partial charge in [0.1, 0.15) is 17.2 Å². The average molecular weight is 578 g/mol. The molecule has 0 bridgehead atoms. The molecule has 0 radical (unpaired) electrons. The Labute approximate surface area is 232 Å². The Morgan fingerprint density at radius 1 is 0.625 bits per heavy atom. The Bertz CT molecular complexity index is 1330. The molecule has 0 aliphatic carbocycles. The lowest BCUT2D eigenvalue weighted by atomic mass is 10.3. The molecule has 0 N–H and O–H groups in total. The number of rotatable bonds is 10. The fraction of sp³-hybridized carbons (Fsp3) is 0.200. The molecule has 2 unspecified atom stereocenters. The maximum absolute atomic E-state index is 11.9. The van der Waals surface area contributed by atoms with Crippen molar-refractivity contribution in [2.75, 3.05) is 0 Å². The molecule has 2 atom stereocenters. The first kappa shape index (κ1) is 32.9. The SMILES string of the molecule is C.CC(Oc1ccc([N+](=O)[O-])cc1)C(=O)Cl.CC(Oc1ccc([N+](=O)[O-])cc1)C(=O)Oc1ccc([N+](=O)[O-])cc1. The first-order chi connectivity index (χ1) is 18.4. The van der Waals surface area contributed by atoms with Crippen molar-refractivity contribution in [3.8, 4) is 17.2 Å². The molecule has 0 spiro atoms. The number of hydrogen-bond acceptors (Lipinski definition) is 11. The van der Waals surface area contributed by atoms with E-state index in [0.717, 1.165) is 0 Å². The van der Waals surface area contributed by atoms with Crippen LogP contribution >= 0.6 is 11.6 Å². The van der Waals surface area contributed by atoms with Gasteiger partial charge < -0.3 is 14.2 Å². The van der Waals surface area contributed by atoms with E-state index in [0.29, 0.717) is 5.75 Å². The molecule has 0 aromatic heterocycles. The largest absolute Gasteiger partial charge is 0.482 e. The highest BCUT2D eigenvalue weighted by Crippen LogP contribution is 2.21. The zero-order valence-corrected chi connectivity index (χ0v) is 21.0. The number of nitro groups is 3. The van der Waals surface area contributed by atoms with Crippen LogP contribution in [0.25, 0.3) is 0 Å². The quantitative estimate of drug-likeness (QED) is 0.0951. The highest BCUT2D eigenvalue weighted by molar-refractivity contribution is 6.64. The van der Waals surface area contributed by atoms with E-state index in [9.17, 15) is 39.9 Å². The number of ether oxygens (including phenoxy) is 3. The molecule has 0 aliphatic rings. The van der Waals surface area contributed by atoms with E-state index in [2.05, 4.69) is 0 Å². The van der Waals surface area contributed by atoms with Gasteiger partial charge in [0.15, 0.2) is 12.2 Å². The van der Waals surface area contributed by atoms with E-state index in [1.807, 2.05) is 0 Å². The standard InChI is InChI=1S/C15H12N2O7.C9H8ClNO4.CH4/c1-10(23-13-6-2-11(3-7-13)16(19)20)15(18)24-14-8-4-12(5-9-14)17(21)22;1-6(9(10)12)15-8-4-2-7(3-5-8)11(13)14;/h2-10H,1H3;2-6H,1H3;1H4. The summed E-state index contributed by atoms with van der Waals surface area (Å²) in [6, 6.07) is 15.7. The van der Waals surface area contributed by atoms with E-state index in [1.54, 1.807) is 0 Å². The number of hydrogen-bond donors (Lipinski definition) is 0. The highest BCUT2D eigenvalue weighted by Gasteiger charge is 2.18. The number of esters is 1. The summed E-state index contributed by atoms with van der Waals surface area (Å²) in [5.74, 6) is 0.0720. The smallest absolute Gasteiger partial charge is 0.352 e. The Hall–Kier alpha value is -5.11. The fourth-order valence-corrected chi connectivity index (χ4v) is 2.68. The molecule has 15 heteroatoms. The molecular weight excluding hydrogens is 554 g/mol. The van der Waals surface area contributed by atoms with Crippen LogP contribution < -0.4 is 14.2 Å². The van der Waals surface area contributed by atoms with Crippen LogP contribution in [0.1, 0.15) is 21.3 Å². The summed E-state index contributed by atoms with van der Waals surface area (Å²) in [5.41, 5.74) is -0.249. The van der Waals surface area contributed by atoms with Crippen LogP contribution in [0.5, 0.6) is 17.2 Å². The number of nitro benzene ring substituents is 3. The molecule has 40 heavy (non-hydrogen) atoms. The third kappa shape index (κ3) is 10.3. The van der Waals surface area contributed by atoms with Crippen molar-refractivity contribution in [2.45, 2.75) is 33.5 Å². The summed E-state index contributed by atoms with van der Waals surface area (Å²) in [6.07, 6.45) is -1.74. The van der Waals surface area contributed by atoms with Gasteiger partial charge in [-0.2, -0.15) is 0 Å². The maximum Gasteiger partial charge on any atom is 0.352 e. The minimum Gasteiger partial charge on any atom is -0.482 e. The first-order valence-corrected chi connectivity index (χ1v) is 11.2. The zero-order chi connectivity index (χ0) is 29.1. The number of benzene rings is 3. The summed E-state index contributed by atoms with van der Waals surface area (Å²) in [7, 11) is 0. The van der Waals surface area contributed by atoms with Crippen LogP contribution in [0.15, 0.2) is 72.8 Å². The van der Waals surface area contributed by atoms with Gasteiger partial charge in [0, 0.05) is 36.4 Å². The molecule has 0 amide bonds. The van der Waals surface area contributed by atoms with E-state index < -0.39 is 38.2 Å². The Kier molecular flexibility index (Phi) is 12.6. The summed E-state index contributed by atoms with van der Waals surface area (Å²) in [5, 5.41) is 30.8. The number of carbonyl (C=O) groups is 2. The van der Waals surface area contributed by atoms with Gasteiger partial charge in [-0.3, -0.25) is 35.1 Å². The van der Waals surface area contributed by atoms with Crippen LogP contribution in [0.4, 0.5) is 17.1 Å². The lowest BCUT2D eigenvalue weighted by Gasteiger charge is -2.13. The van der Waals surface area contributed by atoms with Gasteiger partial charge in [-0.1, -0.05) is 7.43 Å². The Balaban J connectivity index is 0.000000432. The van der Waals surface area contributed by atoms with Gasteiger partial charge in [-0.25, -0.2) is 4.79 Å². The Morgan fingerprint density at radius 3 is 1.23 bits per heavy atom. The average Bonchev–Trinajstić information content (AvgIpc) is 2.89. The number of halogens is 1. The monoisotopic (exact) mass is 577 g/mol. The minimum absolute atomic E-state index is 0. The predicted molar refractivity (Wildman–Crippen MR) is 143 cm³/mol. The molecule has 0 aliphatic heterocycles. The third-order valence-electron chi connectivity index (χ3n) is 4.64. The second-order valence-corrected chi connectivity index (χ2v) is 7.87. The van der Waals surface area contributed by atoms with Gasteiger partial charge in [0.2, 0.25) is 0 Å². The van der Waals surface area contributed by atoms with Crippen molar-refractivity contribution in [1.82, 2.24) is 0 Å². The second-order valence-electron chi connectivity index (χ2n) is 7.50. The van der Waals surface area contributed by atoms with E-state index >= 15 is 0 Å². The second kappa shape index (κ2) is 15.3. The lowest BCUT2D eigenvalue weighted by molar-refractivity contribution is -0.385. The molecule has 3 aromatic rings. The fourth-order valence-electron chi connectivity index (χ4n) is 2.63. The molecule has 3 rings (SSSR count). The van der Waals surface area contributed by atoms with E-state index in [4.69, 9.17) is 25.8 Å². The summed E-state index contributed by atoms with van der Waals surface area (Å²) < 4.78 is 15.5. The first-order valence-electron chi connectivity index (χ1n) is 10.8. The minimum atomic E-state index is -0.971. The van der Waals surface area contributed by atoms with Gasteiger partial charge in [-0.05, 0) is 61.8 Å². The summed E-state index contributed by atoms with van der Waals surface area (Å²) in [6.45, 7) is 2.95. The van der Waals surface area contributed by atoms with Crippen LogP contribution in [0.3, 0.4) is 0 Å². The molecule has 0 heterocycles. The van der Waals surface area contributed by atoms with Crippen molar-refractivity contribution in [3.05, 3.63) is 103 Å². The highest BCUT2D eigenvalue weighted by atomic mass is 35.5. The van der Waals surface area contributed by atoms with E-state index in [-0.39, 0.29) is 36.0 Å². The molecule has 0 saturated carbocycles. The maximum atomic E-state index is 11.9. The lowest BCUT2D eigenvalue weighted by Crippen LogP contribution is -2.28. The summed E-state index contributed by atoms with van der Waals surface area (Å²) >= 11 is 5.19. The van der Waals surface area contributed by atoms with Crippen LogP contribution in [-0.4, -0.2) is 38.2 Å². The molecule has 0 fully saturated rings. The van der Waals surface area contributed by atoms with Gasteiger partial charge in [-0.15, -0.1) is 0 Å². The predicted octanol–water partition coefficient (Wildman–Crippen LogP) is 5.64. The number of non-ortho nitro benzene ring substituents is 3. The molecule has 0 saturated heterocycles. The molecule has 14 nitrogen and oxygen atoms in total. The van der Waals surface area contributed by atoms with Gasteiger partial charge in [0.05, 0.1) is 14.8 Å². The number of carbonyl (C=O) groups excluding carboxylic acids is 2. The molecule has 3 aromatic carbocycles. The van der Waals surface area contributed by atoms with Crippen LogP contribution in [0, 0.1) is 30.3 Å². The van der Waals surface area contributed by atoms with Crippen molar-refractivity contribution >= 4 is 39.9 Å². The van der Waals surface area contributed by atoms with Crippen molar-refractivity contribution in [3.63, 3.8) is 0 Å². The van der Waals surface area contributed by atoms with Gasteiger partial charge >= 0.3 is 5.97 Å².